The van der Waals surface area contributed by atoms with Crippen molar-refractivity contribution in [1.29, 1.82) is 0 Å². The van der Waals surface area contributed by atoms with E-state index in [0.29, 0.717) is 6.54 Å². The predicted molar refractivity (Wildman–Crippen MR) is 52.4 cm³/mol. The van der Waals surface area contributed by atoms with Crippen molar-refractivity contribution in [2.75, 3.05) is 37.7 Å². The molecule has 70 valence electrons. The zero-order valence-electron chi connectivity index (χ0n) is 7.51. The highest BCUT2D eigenvalue weighted by Crippen LogP contribution is 2.01. The van der Waals surface area contributed by atoms with Crippen molar-refractivity contribution in [1.82, 2.24) is 10.2 Å². The predicted octanol–water partition coefficient (Wildman–Crippen LogP) is 0.171. The molecule has 0 atom stereocenters. The summed E-state index contributed by atoms with van der Waals surface area (Å²) in [6.45, 7) is 5.41. The first-order valence-electron chi connectivity index (χ1n) is 4.41. The molecule has 0 aromatic carbocycles. The lowest BCUT2D eigenvalue weighted by molar-refractivity contribution is -0.131. The van der Waals surface area contributed by atoms with Gasteiger partial charge in [0.1, 0.15) is 0 Å². The molecule has 1 aliphatic rings. The van der Waals surface area contributed by atoms with Crippen LogP contribution in [-0.4, -0.2) is 48.5 Å². The van der Waals surface area contributed by atoms with Crippen molar-refractivity contribution < 1.29 is 4.79 Å². The van der Waals surface area contributed by atoms with Gasteiger partial charge in [-0.1, -0.05) is 6.92 Å². The summed E-state index contributed by atoms with van der Waals surface area (Å²) in [5.41, 5.74) is 0. The summed E-state index contributed by atoms with van der Waals surface area (Å²) in [7, 11) is 0. The van der Waals surface area contributed by atoms with Crippen LogP contribution in [0.15, 0.2) is 0 Å². The van der Waals surface area contributed by atoms with Crippen LogP contribution in [-0.2, 0) is 4.79 Å². The summed E-state index contributed by atoms with van der Waals surface area (Å²) >= 11 is 1.89. The van der Waals surface area contributed by atoms with Crippen LogP contribution < -0.4 is 5.32 Å². The Morgan fingerprint density at radius 3 is 3.17 bits per heavy atom. The summed E-state index contributed by atoms with van der Waals surface area (Å²) in [5.74, 6) is 2.46. The van der Waals surface area contributed by atoms with Gasteiger partial charge in [-0.2, -0.15) is 11.8 Å². The smallest absolute Gasteiger partial charge is 0.236 e. The molecule has 3 nitrogen and oxygen atoms in total. The van der Waals surface area contributed by atoms with E-state index in [2.05, 4.69) is 12.2 Å². The number of carbonyl (C=O) groups is 1. The molecular weight excluding hydrogens is 172 g/mol. The quantitative estimate of drug-likeness (QED) is 0.638. The standard InChI is InChI=1S/C8H16N2OS/c1-2-12-6-5-10-4-3-9-7-8(10)11/h9H,2-7H2,1H3. The molecule has 4 heteroatoms. The second-order valence-corrected chi connectivity index (χ2v) is 4.15. The second kappa shape index (κ2) is 5.43. The Hall–Kier alpha value is -0.220. The van der Waals surface area contributed by atoms with Gasteiger partial charge >= 0.3 is 0 Å². The van der Waals surface area contributed by atoms with Gasteiger partial charge in [0.25, 0.3) is 0 Å². The number of rotatable bonds is 4. The minimum atomic E-state index is 0.248. The maximum atomic E-state index is 11.2. The van der Waals surface area contributed by atoms with Crippen LogP contribution in [0.1, 0.15) is 6.92 Å². The zero-order valence-corrected chi connectivity index (χ0v) is 8.32. The number of hydrogen-bond acceptors (Lipinski definition) is 3. The number of carbonyl (C=O) groups excluding carboxylic acids is 1. The summed E-state index contributed by atoms with van der Waals surface area (Å²) in [6, 6.07) is 0. The third kappa shape index (κ3) is 3.03. The Labute approximate surface area is 77.9 Å². The number of thioether (sulfide) groups is 1. The third-order valence-electron chi connectivity index (χ3n) is 1.90. The Morgan fingerprint density at radius 1 is 1.67 bits per heavy atom. The van der Waals surface area contributed by atoms with E-state index in [9.17, 15) is 4.79 Å². The fourth-order valence-electron chi connectivity index (χ4n) is 1.20. The second-order valence-electron chi connectivity index (χ2n) is 2.75. The van der Waals surface area contributed by atoms with Gasteiger partial charge in [-0.05, 0) is 5.75 Å². The Kier molecular flexibility index (Phi) is 4.46. The third-order valence-corrected chi connectivity index (χ3v) is 2.78. The SMILES string of the molecule is CCSCCN1CCNCC1=O. The molecule has 0 bridgehead atoms. The van der Waals surface area contributed by atoms with Crippen LogP contribution in [0.25, 0.3) is 0 Å². The van der Waals surface area contributed by atoms with Crippen molar-refractivity contribution >= 4 is 17.7 Å². The lowest BCUT2D eigenvalue weighted by Crippen LogP contribution is -2.48. The van der Waals surface area contributed by atoms with E-state index in [4.69, 9.17) is 0 Å². The molecule has 1 aliphatic heterocycles. The lowest BCUT2D eigenvalue weighted by atomic mass is 10.3. The van der Waals surface area contributed by atoms with Gasteiger partial charge in [0.15, 0.2) is 0 Å². The van der Waals surface area contributed by atoms with Crippen molar-refractivity contribution in [3.8, 4) is 0 Å². The van der Waals surface area contributed by atoms with Crippen molar-refractivity contribution in [2.24, 2.45) is 0 Å². The van der Waals surface area contributed by atoms with E-state index in [1.165, 1.54) is 0 Å². The molecule has 0 saturated carbocycles. The van der Waals surface area contributed by atoms with Crippen molar-refractivity contribution in [2.45, 2.75) is 6.92 Å². The molecule has 0 aliphatic carbocycles. The highest BCUT2D eigenvalue weighted by atomic mass is 32.2. The van der Waals surface area contributed by atoms with Crippen LogP contribution in [0.2, 0.25) is 0 Å². The van der Waals surface area contributed by atoms with Gasteiger partial charge in [0, 0.05) is 25.4 Å². The summed E-state index contributed by atoms with van der Waals surface area (Å²) < 4.78 is 0. The maximum Gasteiger partial charge on any atom is 0.236 e. The molecule has 0 aromatic rings. The molecule has 12 heavy (non-hydrogen) atoms. The van der Waals surface area contributed by atoms with Crippen molar-refractivity contribution in [3.05, 3.63) is 0 Å². The van der Waals surface area contributed by atoms with Gasteiger partial charge in [-0.3, -0.25) is 4.79 Å². The molecule has 0 unspecified atom stereocenters. The Balaban J connectivity index is 2.16. The number of nitrogens with one attached hydrogen (secondary N) is 1. The average Bonchev–Trinajstić information content (AvgIpc) is 2.09. The Morgan fingerprint density at radius 2 is 2.50 bits per heavy atom. The normalized spacial score (nSPS) is 18.4. The van der Waals surface area contributed by atoms with Crippen LogP contribution in [0.5, 0.6) is 0 Å². The minimum Gasteiger partial charge on any atom is -0.339 e. The zero-order chi connectivity index (χ0) is 8.81. The first kappa shape index (κ1) is 9.86. The lowest BCUT2D eigenvalue weighted by Gasteiger charge is -2.27. The largest absolute Gasteiger partial charge is 0.339 e. The highest BCUT2D eigenvalue weighted by molar-refractivity contribution is 7.99. The number of piperazine rings is 1. The molecule has 1 amide bonds. The molecule has 1 rings (SSSR count). The molecule has 0 radical (unpaired) electrons. The summed E-state index contributed by atoms with van der Waals surface area (Å²) in [5, 5.41) is 3.06. The molecule has 0 spiro atoms. The first-order valence-corrected chi connectivity index (χ1v) is 5.56. The molecule has 1 saturated heterocycles. The van der Waals surface area contributed by atoms with Gasteiger partial charge in [-0.15, -0.1) is 0 Å². The van der Waals surface area contributed by atoms with E-state index >= 15 is 0 Å². The first-order chi connectivity index (χ1) is 5.84. The van der Waals surface area contributed by atoms with E-state index in [1.807, 2.05) is 16.7 Å². The molecule has 1 heterocycles. The van der Waals surface area contributed by atoms with E-state index in [0.717, 1.165) is 31.1 Å². The van der Waals surface area contributed by atoms with Gasteiger partial charge in [0.05, 0.1) is 6.54 Å². The van der Waals surface area contributed by atoms with Gasteiger partial charge < -0.3 is 10.2 Å². The topological polar surface area (TPSA) is 32.3 Å². The fraction of sp³-hybridized carbons (Fsp3) is 0.875. The van der Waals surface area contributed by atoms with Crippen LogP contribution in [0, 0.1) is 0 Å². The molecule has 1 N–H and O–H groups in total. The van der Waals surface area contributed by atoms with Crippen LogP contribution in [0.4, 0.5) is 0 Å². The number of amides is 1. The van der Waals surface area contributed by atoms with Gasteiger partial charge in [0.2, 0.25) is 5.91 Å². The van der Waals surface area contributed by atoms with Crippen LogP contribution >= 0.6 is 11.8 Å². The van der Waals surface area contributed by atoms with Gasteiger partial charge in [-0.25, -0.2) is 0 Å². The molecular formula is C8H16N2OS. The maximum absolute atomic E-state index is 11.2. The number of hydrogen-bond donors (Lipinski definition) is 1. The van der Waals surface area contributed by atoms with Crippen molar-refractivity contribution in [3.63, 3.8) is 0 Å². The molecule has 1 fully saturated rings. The monoisotopic (exact) mass is 188 g/mol. The van der Waals surface area contributed by atoms with E-state index < -0.39 is 0 Å². The molecule has 0 aromatic heterocycles. The average molecular weight is 188 g/mol. The van der Waals surface area contributed by atoms with Crippen LogP contribution in [0.3, 0.4) is 0 Å². The fourth-order valence-corrected chi connectivity index (χ4v) is 1.84. The minimum absolute atomic E-state index is 0.248. The number of nitrogens with zero attached hydrogens (tertiary/aromatic N) is 1. The highest BCUT2D eigenvalue weighted by Gasteiger charge is 2.16. The van der Waals surface area contributed by atoms with E-state index in [1.54, 1.807) is 0 Å². The summed E-state index contributed by atoms with van der Waals surface area (Å²) in [4.78, 5) is 13.2. The summed E-state index contributed by atoms with van der Waals surface area (Å²) in [6.07, 6.45) is 0. The van der Waals surface area contributed by atoms with E-state index in [-0.39, 0.29) is 5.91 Å². The Bertz CT molecular complexity index is 152.